The summed E-state index contributed by atoms with van der Waals surface area (Å²) in [6.07, 6.45) is 5.55. The molecule has 4 nitrogen and oxygen atoms in total. The molecule has 0 aliphatic carbocycles. The van der Waals surface area contributed by atoms with Gasteiger partial charge in [0.2, 0.25) is 0 Å². The molecule has 2 atom stereocenters. The van der Waals surface area contributed by atoms with Gasteiger partial charge in [-0.25, -0.2) is 0 Å². The Morgan fingerprint density at radius 3 is 2.80 bits per heavy atom. The highest BCUT2D eigenvalue weighted by Crippen LogP contribution is 2.26. The predicted molar refractivity (Wildman–Crippen MR) is 81.1 cm³/mol. The number of furan rings is 1. The minimum Gasteiger partial charge on any atom is -0.453 e. The maximum absolute atomic E-state index is 6.08. The van der Waals surface area contributed by atoms with Gasteiger partial charge in [-0.15, -0.1) is 0 Å². The third kappa shape index (κ3) is 3.44. The normalized spacial score (nSPS) is 14.4. The molecule has 0 spiro atoms. The highest BCUT2D eigenvalue weighted by Gasteiger charge is 2.18. The second-order valence-electron chi connectivity index (χ2n) is 5.01. The maximum Gasteiger partial charge on any atom is 0.197 e. The monoisotopic (exact) mass is 295 g/mol. The van der Waals surface area contributed by atoms with Gasteiger partial charge in [-0.05, 0) is 43.6 Å². The summed E-state index contributed by atoms with van der Waals surface area (Å²) in [5, 5.41) is 8.53. The zero-order valence-corrected chi connectivity index (χ0v) is 13.0. The standard InChI is InChI=1S/C15H22ClN3O/c1-4-11(3)19-8-6-12(18-19)10-14(17-5-2)13-7-9-20-15(13)16/h6-9,11,14,17H,4-5,10H2,1-3H3. The third-order valence-electron chi connectivity index (χ3n) is 3.59. The highest BCUT2D eigenvalue weighted by molar-refractivity contribution is 6.29. The predicted octanol–water partition coefficient (Wildman–Crippen LogP) is 3.99. The molecule has 110 valence electrons. The van der Waals surface area contributed by atoms with Gasteiger partial charge in [-0.2, -0.15) is 5.10 Å². The molecule has 5 heteroatoms. The lowest BCUT2D eigenvalue weighted by Gasteiger charge is -2.15. The van der Waals surface area contributed by atoms with Crippen molar-refractivity contribution in [2.75, 3.05) is 6.54 Å². The summed E-state index contributed by atoms with van der Waals surface area (Å²) in [7, 11) is 0. The fraction of sp³-hybridized carbons (Fsp3) is 0.533. The lowest BCUT2D eigenvalue weighted by atomic mass is 10.1. The summed E-state index contributed by atoms with van der Waals surface area (Å²) in [6, 6.07) is 4.55. The Morgan fingerprint density at radius 2 is 2.20 bits per heavy atom. The number of rotatable bonds is 7. The second-order valence-corrected chi connectivity index (χ2v) is 5.35. The number of aromatic nitrogens is 2. The Morgan fingerprint density at radius 1 is 1.40 bits per heavy atom. The van der Waals surface area contributed by atoms with Gasteiger partial charge >= 0.3 is 0 Å². The maximum atomic E-state index is 6.08. The minimum atomic E-state index is 0.131. The van der Waals surface area contributed by atoms with Crippen molar-refractivity contribution in [1.82, 2.24) is 15.1 Å². The van der Waals surface area contributed by atoms with Crippen LogP contribution in [0.2, 0.25) is 5.22 Å². The van der Waals surface area contributed by atoms with Gasteiger partial charge < -0.3 is 9.73 Å². The summed E-state index contributed by atoms with van der Waals surface area (Å²) in [5.41, 5.74) is 2.06. The molecule has 0 radical (unpaired) electrons. The summed E-state index contributed by atoms with van der Waals surface area (Å²) in [4.78, 5) is 0. The van der Waals surface area contributed by atoms with Crippen molar-refractivity contribution in [2.24, 2.45) is 0 Å². The van der Waals surface area contributed by atoms with Gasteiger partial charge in [0.15, 0.2) is 5.22 Å². The fourth-order valence-corrected chi connectivity index (χ4v) is 2.47. The van der Waals surface area contributed by atoms with Crippen LogP contribution in [-0.2, 0) is 6.42 Å². The molecule has 0 bridgehead atoms. The van der Waals surface area contributed by atoms with Gasteiger partial charge in [0.05, 0.1) is 12.0 Å². The smallest absolute Gasteiger partial charge is 0.197 e. The fourth-order valence-electron chi connectivity index (χ4n) is 2.22. The zero-order chi connectivity index (χ0) is 14.5. The van der Waals surface area contributed by atoms with E-state index in [1.165, 1.54) is 0 Å². The molecule has 2 aromatic heterocycles. The number of nitrogens with zero attached hydrogens (tertiary/aromatic N) is 2. The summed E-state index contributed by atoms with van der Waals surface area (Å²) < 4.78 is 7.21. The van der Waals surface area contributed by atoms with Gasteiger partial charge in [-0.1, -0.05) is 13.8 Å². The molecular weight excluding hydrogens is 274 g/mol. The molecule has 1 N–H and O–H groups in total. The van der Waals surface area contributed by atoms with E-state index >= 15 is 0 Å². The van der Waals surface area contributed by atoms with Crippen molar-refractivity contribution in [3.05, 3.63) is 41.1 Å². The van der Waals surface area contributed by atoms with E-state index < -0.39 is 0 Å². The summed E-state index contributed by atoms with van der Waals surface area (Å²) >= 11 is 6.08. The Bertz CT molecular complexity index is 535. The number of nitrogens with one attached hydrogen (secondary N) is 1. The molecule has 0 amide bonds. The Balaban J connectivity index is 2.12. The van der Waals surface area contributed by atoms with E-state index in [0.717, 1.165) is 30.6 Å². The number of hydrogen-bond donors (Lipinski definition) is 1. The Kier molecular flexibility index (Phi) is 5.26. The van der Waals surface area contributed by atoms with E-state index in [9.17, 15) is 0 Å². The molecule has 0 saturated carbocycles. The third-order valence-corrected chi connectivity index (χ3v) is 3.90. The molecule has 0 saturated heterocycles. The van der Waals surface area contributed by atoms with Crippen molar-refractivity contribution < 1.29 is 4.42 Å². The minimum absolute atomic E-state index is 0.131. The van der Waals surface area contributed by atoms with Gasteiger partial charge in [0.25, 0.3) is 0 Å². The van der Waals surface area contributed by atoms with E-state index in [1.54, 1.807) is 6.26 Å². The van der Waals surface area contributed by atoms with Crippen LogP contribution in [0.15, 0.2) is 29.0 Å². The topological polar surface area (TPSA) is 43.0 Å². The number of hydrogen-bond acceptors (Lipinski definition) is 3. The lowest BCUT2D eigenvalue weighted by Crippen LogP contribution is -2.23. The number of likely N-dealkylation sites (N-methyl/N-ethyl adjacent to an activating group) is 1. The molecule has 0 aromatic carbocycles. The first-order valence-corrected chi connectivity index (χ1v) is 7.53. The van der Waals surface area contributed by atoms with Gasteiger partial charge in [0, 0.05) is 30.3 Å². The lowest BCUT2D eigenvalue weighted by molar-refractivity contribution is 0.466. The Hall–Kier alpha value is -1.26. The van der Waals surface area contributed by atoms with Crippen molar-refractivity contribution in [1.29, 1.82) is 0 Å². The van der Waals surface area contributed by atoms with Gasteiger partial charge in [-0.3, -0.25) is 4.68 Å². The van der Waals surface area contributed by atoms with Crippen molar-refractivity contribution in [3.63, 3.8) is 0 Å². The van der Waals surface area contributed by atoms with Crippen LogP contribution in [-0.4, -0.2) is 16.3 Å². The molecule has 20 heavy (non-hydrogen) atoms. The molecule has 2 heterocycles. The van der Waals surface area contributed by atoms with Crippen LogP contribution >= 0.6 is 11.6 Å². The first-order valence-electron chi connectivity index (χ1n) is 7.16. The van der Waals surface area contributed by atoms with E-state index in [2.05, 4.69) is 37.3 Å². The van der Waals surface area contributed by atoms with Crippen LogP contribution in [0.25, 0.3) is 0 Å². The average Bonchev–Trinajstić information content (AvgIpc) is 3.06. The van der Waals surface area contributed by atoms with E-state index in [1.807, 2.05) is 16.9 Å². The van der Waals surface area contributed by atoms with Crippen LogP contribution < -0.4 is 5.32 Å². The van der Waals surface area contributed by atoms with Crippen LogP contribution in [0.3, 0.4) is 0 Å². The summed E-state index contributed by atoms with van der Waals surface area (Å²) in [6.45, 7) is 7.29. The number of halogens is 1. The Labute approximate surface area is 125 Å². The first-order chi connectivity index (χ1) is 9.65. The van der Waals surface area contributed by atoms with Crippen molar-refractivity contribution >= 4 is 11.6 Å². The van der Waals surface area contributed by atoms with Crippen LogP contribution in [0.1, 0.15) is 50.5 Å². The van der Waals surface area contributed by atoms with Gasteiger partial charge in [0.1, 0.15) is 0 Å². The highest BCUT2D eigenvalue weighted by atomic mass is 35.5. The van der Waals surface area contributed by atoms with E-state index in [-0.39, 0.29) is 6.04 Å². The van der Waals surface area contributed by atoms with E-state index in [4.69, 9.17) is 16.0 Å². The zero-order valence-electron chi connectivity index (χ0n) is 12.3. The molecule has 0 fully saturated rings. The largest absolute Gasteiger partial charge is 0.453 e. The molecule has 2 aromatic rings. The molecule has 0 aliphatic heterocycles. The van der Waals surface area contributed by atoms with Crippen LogP contribution in [0.5, 0.6) is 0 Å². The quantitative estimate of drug-likeness (QED) is 0.840. The molecule has 2 unspecified atom stereocenters. The average molecular weight is 296 g/mol. The first kappa shape index (κ1) is 15.1. The second kappa shape index (κ2) is 6.95. The van der Waals surface area contributed by atoms with Crippen molar-refractivity contribution in [3.8, 4) is 0 Å². The van der Waals surface area contributed by atoms with E-state index in [0.29, 0.717) is 11.3 Å². The SMILES string of the molecule is CCNC(Cc1ccn(C(C)CC)n1)c1ccoc1Cl. The molecule has 0 aliphatic rings. The molecule has 2 rings (SSSR count). The van der Waals surface area contributed by atoms with Crippen molar-refractivity contribution in [2.45, 2.75) is 45.7 Å². The van der Waals surface area contributed by atoms with Crippen LogP contribution in [0, 0.1) is 0 Å². The van der Waals surface area contributed by atoms with Crippen LogP contribution in [0.4, 0.5) is 0 Å². The summed E-state index contributed by atoms with van der Waals surface area (Å²) in [5.74, 6) is 0. The molecular formula is C15H22ClN3O.